The maximum absolute atomic E-state index is 4.92. The average Bonchev–Trinajstić information content (AvgIpc) is 1.69. The molecular formula is C6H6O. The first kappa shape index (κ1) is 4.69. The molecule has 0 amide bonds. The molecular weight excluding hydrogens is 88.1 g/mol. The van der Waals surface area contributed by atoms with E-state index < -0.39 is 0 Å². The topological polar surface area (TPSA) is 9.23 Å². The minimum Gasteiger partial charge on any atom is -0.498 e. The van der Waals surface area contributed by atoms with Crippen LogP contribution in [-0.4, -0.2) is 6.10 Å². The summed E-state index contributed by atoms with van der Waals surface area (Å²) >= 11 is 0. The molecule has 0 aromatic carbocycles. The molecule has 1 atom stereocenters. The molecule has 1 heteroatoms. The van der Waals surface area contributed by atoms with Crippen LogP contribution in [0.1, 0.15) is 6.92 Å². The molecule has 1 aliphatic heterocycles. The third-order valence-corrected chi connectivity index (χ3v) is 0.721. The minimum atomic E-state index is 0.0880. The van der Waals surface area contributed by atoms with E-state index in [9.17, 15) is 0 Å². The summed E-state index contributed by atoms with van der Waals surface area (Å²) in [6.45, 7) is 1.91. The molecule has 0 fully saturated rings. The van der Waals surface area contributed by atoms with Crippen molar-refractivity contribution in [1.29, 1.82) is 0 Å². The van der Waals surface area contributed by atoms with Crippen LogP contribution in [0.15, 0.2) is 12.3 Å². The highest BCUT2D eigenvalue weighted by Crippen LogP contribution is 2.05. The Hall–Kier alpha value is -0.460. The van der Waals surface area contributed by atoms with Gasteiger partial charge in [-0.05, 0) is 13.0 Å². The van der Waals surface area contributed by atoms with E-state index in [1.807, 2.05) is 6.92 Å². The molecule has 0 spiro atoms. The molecule has 0 saturated heterocycles. The fourth-order valence-corrected chi connectivity index (χ4v) is 0.391. The van der Waals surface area contributed by atoms with E-state index in [-0.39, 0.29) is 6.10 Å². The Morgan fingerprint density at radius 2 is 2.57 bits per heavy atom. The van der Waals surface area contributed by atoms with Gasteiger partial charge in [-0.3, -0.25) is 0 Å². The van der Waals surface area contributed by atoms with E-state index in [0.717, 1.165) is 0 Å². The summed E-state index contributed by atoms with van der Waals surface area (Å²) in [5.74, 6) is 0. The highest BCUT2D eigenvalue weighted by Gasteiger charge is 2.02. The fraction of sp³-hybridized carbons (Fsp3) is 0.333. The first-order chi connectivity index (χ1) is 3.39. The molecule has 0 aliphatic carbocycles. The van der Waals surface area contributed by atoms with Crippen LogP contribution in [0.25, 0.3) is 0 Å². The quantitative estimate of drug-likeness (QED) is 0.436. The Balaban J connectivity index is 2.32. The van der Waals surface area contributed by atoms with Gasteiger partial charge < -0.3 is 4.74 Å². The molecule has 1 aliphatic rings. The third-order valence-electron chi connectivity index (χ3n) is 0.721. The van der Waals surface area contributed by atoms with Crippen molar-refractivity contribution < 1.29 is 4.74 Å². The third kappa shape index (κ3) is 1.22. The molecule has 0 bridgehead atoms. The summed E-state index contributed by atoms with van der Waals surface area (Å²) < 4.78 is 4.92. The second-order valence-electron chi connectivity index (χ2n) is 1.37. The number of rotatable bonds is 0. The van der Waals surface area contributed by atoms with Crippen molar-refractivity contribution in [2.24, 2.45) is 0 Å². The first-order valence-electron chi connectivity index (χ1n) is 2.21. The summed E-state index contributed by atoms with van der Waals surface area (Å²) in [6, 6.07) is 0. The summed E-state index contributed by atoms with van der Waals surface area (Å²) in [7, 11) is 0. The van der Waals surface area contributed by atoms with Gasteiger partial charge in [-0.2, -0.15) is 0 Å². The van der Waals surface area contributed by atoms with Crippen LogP contribution in [0.5, 0.6) is 0 Å². The largest absolute Gasteiger partial charge is 0.498 e. The predicted octanol–water partition coefficient (Wildman–Crippen LogP) is 1.08. The van der Waals surface area contributed by atoms with Crippen LogP contribution in [0.3, 0.4) is 0 Å². The van der Waals surface area contributed by atoms with Gasteiger partial charge in [-0.1, -0.05) is 0 Å². The highest BCUT2D eigenvalue weighted by molar-refractivity contribution is 5.07. The van der Waals surface area contributed by atoms with E-state index in [1.165, 1.54) is 0 Å². The SMILES string of the molecule is C[C@H]1[C][C]C=CO1. The summed E-state index contributed by atoms with van der Waals surface area (Å²) in [5, 5.41) is 0. The van der Waals surface area contributed by atoms with Crippen molar-refractivity contribution in [3.05, 3.63) is 25.2 Å². The van der Waals surface area contributed by atoms with Gasteiger partial charge in [0, 0.05) is 12.8 Å². The molecule has 36 valence electrons. The average molecular weight is 94.1 g/mol. The Labute approximate surface area is 44.0 Å². The normalized spacial score (nSPS) is 29.6. The van der Waals surface area contributed by atoms with Gasteiger partial charge in [0.25, 0.3) is 0 Å². The van der Waals surface area contributed by atoms with Crippen LogP contribution >= 0.6 is 0 Å². The summed E-state index contributed by atoms with van der Waals surface area (Å²) in [5.41, 5.74) is 0. The van der Waals surface area contributed by atoms with E-state index in [2.05, 4.69) is 12.8 Å². The summed E-state index contributed by atoms with van der Waals surface area (Å²) in [4.78, 5) is 0. The van der Waals surface area contributed by atoms with Gasteiger partial charge in [0.2, 0.25) is 0 Å². The Morgan fingerprint density at radius 1 is 1.71 bits per heavy atom. The standard InChI is InChI=1S/C6H6O/c1-6-4-2-3-5-7-6/h3,5-6H,1H3/t6-/m0/s1. The van der Waals surface area contributed by atoms with E-state index in [0.29, 0.717) is 0 Å². The summed E-state index contributed by atoms with van der Waals surface area (Å²) in [6.07, 6.45) is 9.00. The van der Waals surface area contributed by atoms with Gasteiger partial charge in [0.05, 0.1) is 6.26 Å². The van der Waals surface area contributed by atoms with Crippen molar-refractivity contribution in [2.75, 3.05) is 0 Å². The minimum absolute atomic E-state index is 0.0880. The zero-order valence-electron chi connectivity index (χ0n) is 4.14. The van der Waals surface area contributed by atoms with Gasteiger partial charge in [0.15, 0.2) is 0 Å². The maximum Gasteiger partial charge on any atom is 0.103 e. The highest BCUT2D eigenvalue weighted by atomic mass is 16.5. The second kappa shape index (κ2) is 2.01. The number of hydrogen-bond acceptors (Lipinski definition) is 1. The second-order valence-corrected chi connectivity index (χ2v) is 1.37. The lowest BCUT2D eigenvalue weighted by Crippen LogP contribution is -2.07. The molecule has 0 unspecified atom stereocenters. The van der Waals surface area contributed by atoms with Crippen molar-refractivity contribution in [3.63, 3.8) is 0 Å². The first-order valence-corrected chi connectivity index (χ1v) is 2.21. The van der Waals surface area contributed by atoms with Gasteiger partial charge in [0.1, 0.15) is 6.10 Å². The lowest BCUT2D eigenvalue weighted by atomic mass is 10.2. The smallest absolute Gasteiger partial charge is 0.103 e. The Bertz CT molecular complexity index is 76.2. The lowest BCUT2D eigenvalue weighted by Gasteiger charge is -2.11. The molecule has 0 N–H and O–H groups in total. The molecule has 4 radical (unpaired) electrons. The number of allylic oxidation sites excluding steroid dienone is 1. The van der Waals surface area contributed by atoms with Crippen LogP contribution in [0, 0.1) is 12.8 Å². The van der Waals surface area contributed by atoms with Gasteiger partial charge >= 0.3 is 0 Å². The maximum atomic E-state index is 4.92. The fourth-order valence-electron chi connectivity index (χ4n) is 0.391. The number of hydrogen-bond donors (Lipinski definition) is 0. The van der Waals surface area contributed by atoms with Gasteiger partial charge in [-0.15, -0.1) is 0 Å². The van der Waals surface area contributed by atoms with Crippen LogP contribution in [0.4, 0.5) is 0 Å². The molecule has 0 aromatic heterocycles. The van der Waals surface area contributed by atoms with E-state index in [4.69, 9.17) is 4.74 Å². The molecule has 1 heterocycles. The van der Waals surface area contributed by atoms with Crippen molar-refractivity contribution in [3.8, 4) is 0 Å². The monoisotopic (exact) mass is 94.0 g/mol. The van der Waals surface area contributed by atoms with E-state index in [1.54, 1.807) is 12.3 Å². The van der Waals surface area contributed by atoms with Crippen molar-refractivity contribution >= 4 is 0 Å². The molecule has 1 nitrogen and oxygen atoms in total. The van der Waals surface area contributed by atoms with E-state index >= 15 is 0 Å². The van der Waals surface area contributed by atoms with Crippen LogP contribution in [-0.2, 0) is 4.74 Å². The molecule has 1 rings (SSSR count). The Morgan fingerprint density at radius 3 is 2.86 bits per heavy atom. The zero-order valence-corrected chi connectivity index (χ0v) is 4.14. The molecule has 7 heavy (non-hydrogen) atoms. The zero-order chi connectivity index (χ0) is 5.11. The van der Waals surface area contributed by atoms with Crippen LogP contribution in [0.2, 0.25) is 0 Å². The number of ether oxygens (including phenoxy) is 1. The van der Waals surface area contributed by atoms with Gasteiger partial charge in [-0.25, -0.2) is 0 Å². The lowest BCUT2D eigenvalue weighted by molar-refractivity contribution is 0.185. The van der Waals surface area contributed by atoms with Crippen molar-refractivity contribution in [2.45, 2.75) is 13.0 Å². The molecule has 0 aromatic rings. The Kier molecular flexibility index (Phi) is 1.35. The molecule has 0 saturated carbocycles. The predicted molar refractivity (Wildman–Crippen MR) is 26.2 cm³/mol. The van der Waals surface area contributed by atoms with Crippen LogP contribution < -0.4 is 0 Å². The van der Waals surface area contributed by atoms with Crippen molar-refractivity contribution in [1.82, 2.24) is 0 Å².